The average molecular weight is 382 g/mol. The van der Waals surface area contributed by atoms with Gasteiger partial charge in [-0.05, 0) is 19.3 Å². The van der Waals surface area contributed by atoms with Crippen molar-refractivity contribution in [1.29, 1.82) is 0 Å². The fourth-order valence-electron chi connectivity index (χ4n) is 2.29. The van der Waals surface area contributed by atoms with Crippen molar-refractivity contribution in [1.82, 2.24) is 0 Å². The van der Waals surface area contributed by atoms with Crippen LogP contribution in [0.2, 0.25) is 0 Å². The van der Waals surface area contributed by atoms with E-state index in [2.05, 4.69) is 29.5 Å². The summed E-state index contributed by atoms with van der Waals surface area (Å²) in [7, 11) is 0. The number of carboxylic acids is 1. The van der Waals surface area contributed by atoms with Gasteiger partial charge in [0.05, 0.1) is 0 Å². The van der Waals surface area contributed by atoms with Gasteiger partial charge >= 0.3 is 5.97 Å². The molecule has 0 aromatic heterocycles. The van der Waals surface area contributed by atoms with Crippen LogP contribution in [-0.4, -0.2) is 15.0 Å². The van der Waals surface area contributed by atoms with Crippen molar-refractivity contribution in [2.75, 3.05) is 0 Å². The summed E-state index contributed by atoms with van der Waals surface area (Å²) in [5.74, 6) is -0.659. The minimum atomic E-state index is -0.659. The van der Waals surface area contributed by atoms with Gasteiger partial charge in [-0.1, -0.05) is 87.3 Å². The molecule has 0 aliphatic carbocycles. The van der Waals surface area contributed by atoms with Gasteiger partial charge in [0.2, 0.25) is 0 Å². The van der Waals surface area contributed by atoms with Crippen molar-refractivity contribution in [2.24, 2.45) is 0 Å². The molecule has 0 saturated heterocycles. The van der Waals surface area contributed by atoms with E-state index in [4.69, 9.17) is 5.11 Å². The molecule has 0 radical (unpaired) electrons. The van der Waals surface area contributed by atoms with Crippen LogP contribution in [0.1, 0.15) is 90.4 Å². The van der Waals surface area contributed by atoms with Crippen LogP contribution >= 0.6 is 22.6 Å². The van der Waals surface area contributed by atoms with Crippen LogP contribution in [0.25, 0.3) is 0 Å². The molecule has 0 aliphatic rings. The van der Waals surface area contributed by atoms with Gasteiger partial charge in [-0.25, -0.2) is 0 Å². The zero-order chi connectivity index (χ0) is 14.3. The largest absolute Gasteiger partial charge is 0.481 e. The van der Waals surface area contributed by atoms with Crippen molar-refractivity contribution >= 4 is 28.6 Å². The molecule has 0 saturated carbocycles. The maximum atomic E-state index is 10.4. The van der Waals surface area contributed by atoms with Gasteiger partial charge in [0.25, 0.3) is 0 Å². The first-order valence-corrected chi connectivity index (χ1v) is 9.27. The Balaban J connectivity index is 3.15. The number of aliphatic carboxylic acids is 1. The fraction of sp³-hybridized carbons (Fsp3) is 0.938. The Kier molecular flexibility index (Phi) is 14.8. The predicted molar refractivity (Wildman–Crippen MR) is 91.1 cm³/mol. The van der Waals surface area contributed by atoms with Gasteiger partial charge in [-0.3, -0.25) is 4.79 Å². The van der Waals surface area contributed by atoms with Crippen LogP contribution in [0.4, 0.5) is 0 Å². The molecule has 2 nitrogen and oxygen atoms in total. The summed E-state index contributed by atoms with van der Waals surface area (Å²) in [6.07, 6.45) is 15.8. The number of unbranched alkanes of at least 4 members (excludes halogenated alkanes) is 8. The molecular formula is C16H31IO2. The summed E-state index contributed by atoms with van der Waals surface area (Å²) in [6.45, 7) is 2.26. The van der Waals surface area contributed by atoms with Gasteiger partial charge in [-0.15, -0.1) is 0 Å². The van der Waals surface area contributed by atoms with E-state index in [0.717, 1.165) is 16.8 Å². The highest BCUT2D eigenvalue weighted by molar-refractivity contribution is 14.1. The Hall–Kier alpha value is 0.200. The predicted octanol–water partition coefficient (Wildman–Crippen LogP) is 5.97. The Morgan fingerprint density at radius 1 is 0.895 bits per heavy atom. The quantitative estimate of drug-likeness (QED) is 0.228. The number of alkyl halides is 1. The van der Waals surface area contributed by atoms with E-state index < -0.39 is 5.97 Å². The first kappa shape index (κ1) is 19.2. The molecule has 114 valence electrons. The average Bonchev–Trinajstić information content (AvgIpc) is 2.37. The third-order valence-electron chi connectivity index (χ3n) is 3.53. The first-order valence-electron chi connectivity index (χ1n) is 8.02. The lowest BCUT2D eigenvalue weighted by molar-refractivity contribution is -0.137. The van der Waals surface area contributed by atoms with Crippen LogP contribution in [-0.2, 0) is 4.79 Å². The highest BCUT2D eigenvalue weighted by atomic mass is 127. The van der Waals surface area contributed by atoms with Crippen molar-refractivity contribution < 1.29 is 9.90 Å². The molecule has 1 atom stereocenters. The van der Waals surface area contributed by atoms with Crippen molar-refractivity contribution in [3.8, 4) is 0 Å². The standard InChI is InChI=1S/C16H31IO2/c1-2-3-4-5-6-7-8-9-12-15(17)13-10-11-14-16(18)19/h15H,2-14H2,1H3,(H,18,19). The van der Waals surface area contributed by atoms with E-state index in [1.54, 1.807) is 0 Å². The second kappa shape index (κ2) is 14.6. The number of carboxylic acid groups (broad SMARTS) is 1. The van der Waals surface area contributed by atoms with E-state index in [1.807, 2.05) is 0 Å². The maximum Gasteiger partial charge on any atom is 0.303 e. The van der Waals surface area contributed by atoms with E-state index in [0.29, 0.717) is 6.42 Å². The molecule has 3 heteroatoms. The Morgan fingerprint density at radius 2 is 1.37 bits per heavy atom. The van der Waals surface area contributed by atoms with Crippen molar-refractivity contribution in [2.45, 2.75) is 94.3 Å². The van der Waals surface area contributed by atoms with Crippen molar-refractivity contribution in [3.63, 3.8) is 0 Å². The Bertz CT molecular complexity index is 207. The van der Waals surface area contributed by atoms with E-state index in [1.165, 1.54) is 64.2 Å². The lowest BCUT2D eigenvalue weighted by Gasteiger charge is -2.09. The number of hydrogen-bond donors (Lipinski definition) is 1. The highest BCUT2D eigenvalue weighted by Crippen LogP contribution is 2.19. The molecule has 0 aromatic rings. The molecule has 0 rings (SSSR count). The normalized spacial score (nSPS) is 12.5. The van der Waals surface area contributed by atoms with Gasteiger partial charge in [0.1, 0.15) is 0 Å². The lowest BCUT2D eigenvalue weighted by Crippen LogP contribution is -1.99. The second-order valence-electron chi connectivity index (χ2n) is 5.50. The fourth-order valence-corrected chi connectivity index (χ4v) is 3.17. The number of carbonyl (C=O) groups is 1. The molecule has 0 fully saturated rings. The zero-order valence-corrected chi connectivity index (χ0v) is 14.7. The SMILES string of the molecule is CCCCCCCCCCC(I)CCCCC(=O)O. The topological polar surface area (TPSA) is 37.3 Å². The molecular weight excluding hydrogens is 351 g/mol. The zero-order valence-electron chi connectivity index (χ0n) is 12.5. The summed E-state index contributed by atoms with van der Waals surface area (Å²) in [5.41, 5.74) is 0. The molecule has 0 aliphatic heterocycles. The van der Waals surface area contributed by atoms with E-state index in [-0.39, 0.29) is 0 Å². The summed E-state index contributed by atoms with van der Waals surface area (Å²) < 4.78 is 0.742. The molecule has 0 aromatic carbocycles. The third kappa shape index (κ3) is 16.1. The number of halogens is 1. The monoisotopic (exact) mass is 382 g/mol. The van der Waals surface area contributed by atoms with Crippen LogP contribution < -0.4 is 0 Å². The van der Waals surface area contributed by atoms with Gasteiger partial charge < -0.3 is 5.11 Å². The minimum Gasteiger partial charge on any atom is -0.481 e. The molecule has 1 unspecified atom stereocenters. The van der Waals surface area contributed by atoms with Crippen LogP contribution in [0.3, 0.4) is 0 Å². The molecule has 19 heavy (non-hydrogen) atoms. The summed E-state index contributed by atoms with van der Waals surface area (Å²) in [4.78, 5) is 10.4. The van der Waals surface area contributed by atoms with Gasteiger partial charge in [-0.2, -0.15) is 0 Å². The molecule has 0 bridgehead atoms. The van der Waals surface area contributed by atoms with Gasteiger partial charge in [0.15, 0.2) is 0 Å². The van der Waals surface area contributed by atoms with E-state index >= 15 is 0 Å². The summed E-state index contributed by atoms with van der Waals surface area (Å²) >= 11 is 2.53. The van der Waals surface area contributed by atoms with Crippen LogP contribution in [0, 0.1) is 0 Å². The van der Waals surface area contributed by atoms with Crippen LogP contribution in [0.15, 0.2) is 0 Å². The summed E-state index contributed by atoms with van der Waals surface area (Å²) in [6, 6.07) is 0. The van der Waals surface area contributed by atoms with E-state index in [9.17, 15) is 4.79 Å². The summed E-state index contributed by atoms with van der Waals surface area (Å²) in [5, 5.41) is 8.55. The maximum absolute atomic E-state index is 10.4. The molecule has 0 amide bonds. The first-order chi connectivity index (χ1) is 9.16. The highest BCUT2D eigenvalue weighted by Gasteiger charge is 2.04. The van der Waals surface area contributed by atoms with Crippen LogP contribution in [0.5, 0.6) is 0 Å². The lowest BCUT2D eigenvalue weighted by atomic mass is 10.0. The van der Waals surface area contributed by atoms with Gasteiger partial charge in [0, 0.05) is 10.3 Å². The smallest absolute Gasteiger partial charge is 0.303 e. The van der Waals surface area contributed by atoms with Crippen molar-refractivity contribution in [3.05, 3.63) is 0 Å². The minimum absolute atomic E-state index is 0.334. The third-order valence-corrected chi connectivity index (χ3v) is 4.77. The molecule has 0 heterocycles. The molecule has 1 N–H and O–H groups in total. The number of hydrogen-bond acceptors (Lipinski definition) is 1. The molecule has 0 spiro atoms. The second-order valence-corrected chi connectivity index (χ2v) is 7.26. The Morgan fingerprint density at radius 3 is 1.89 bits per heavy atom. The number of rotatable bonds is 14. The Labute approximate surface area is 132 Å².